The lowest BCUT2D eigenvalue weighted by Gasteiger charge is -2.05. The van der Waals surface area contributed by atoms with Gasteiger partial charge in [0.2, 0.25) is 0 Å². The second kappa shape index (κ2) is 3.97. The quantitative estimate of drug-likeness (QED) is 0.701. The molecule has 0 spiro atoms. The van der Waals surface area contributed by atoms with Crippen molar-refractivity contribution >= 4 is 5.78 Å². The largest absolute Gasteiger partial charge is 0.294 e. The number of aryl methyl sites for hydroxylation is 2. The van der Waals surface area contributed by atoms with Crippen molar-refractivity contribution in [3.8, 4) is 0 Å². The molecule has 0 radical (unpaired) electrons. The van der Waals surface area contributed by atoms with Gasteiger partial charge in [-0.25, -0.2) is 0 Å². The Bertz CT molecular complexity index is 449. The predicted octanol–water partition coefficient (Wildman–Crippen LogP) is 3.92. The molecule has 1 heteroatoms. The van der Waals surface area contributed by atoms with Crippen LogP contribution in [0.15, 0.2) is 18.2 Å². The van der Waals surface area contributed by atoms with Crippen molar-refractivity contribution in [3.63, 3.8) is 0 Å². The summed E-state index contributed by atoms with van der Waals surface area (Å²) in [6, 6.07) is 6.21. The van der Waals surface area contributed by atoms with Crippen LogP contribution in [0.4, 0.5) is 0 Å². The molecule has 0 saturated heterocycles. The van der Waals surface area contributed by atoms with E-state index in [1.807, 2.05) is 6.07 Å². The molecule has 1 aromatic carbocycles. The molecule has 0 aliphatic heterocycles. The number of hydrogen-bond acceptors (Lipinski definition) is 1. The van der Waals surface area contributed by atoms with Crippen LogP contribution in [-0.4, -0.2) is 5.78 Å². The van der Waals surface area contributed by atoms with E-state index in [9.17, 15) is 4.79 Å². The molecule has 0 bridgehead atoms. The van der Waals surface area contributed by atoms with E-state index in [-0.39, 0.29) is 0 Å². The molecule has 2 saturated carbocycles. The molecule has 3 rings (SSSR count). The summed E-state index contributed by atoms with van der Waals surface area (Å²) in [5.74, 6) is 2.22. The number of carbonyl (C=O) groups is 1. The summed E-state index contributed by atoms with van der Waals surface area (Å²) in [5.41, 5.74) is 3.36. The molecule has 2 atom stereocenters. The summed E-state index contributed by atoms with van der Waals surface area (Å²) >= 11 is 0. The lowest BCUT2D eigenvalue weighted by Crippen LogP contribution is -2.06. The summed E-state index contributed by atoms with van der Waals surface area (Å²) in [6.07, 6.45) is 5.23. The number of fused-ring (bicyclic) bond motifs is 1. The van der Waals surface area contributed by atoms with Gasteiger partial charge in [-0.3, -0.25) is 4.79 Å². The molecule has 0 heterocycles. The van der Waals surface area contributed by atoms with Gasteiger partial charge in [-0.1, -0.05) is 36.6 Å². The molecular formula is C16H20O. The third-order valence-electron chi connectivity index (χ3n) is 4.61. The van der Waals surface area contributed by atoms with Crippen molar-refractivity contribution in [1.82, 2.24) is 0 Å². The lowest BCUT2D eigenvalue weighted by molar-refractivity contribution is 0.0956. The molecule has 0 amide bonds. The van der Waals surface area contributed by atoms with E-state index in [4.69, 9.17) is 0 Å². The Labute approximate surface area is 103 Å². The molecule has 2 aliphatic rings. The molecular weight excluding hydrogens is 208 g/mol. The summed E-state index contributed by atoms with van der Waals surface area (Å²) in [7, 11) is 0. The molecule has 1 nitrogen and oxygen atoms in total. The van der Waals surface area contributed by atoms with Gasteiger partial charge in [-0.15, -0.1) is 0 Å². The summed E-state index contributed by atoms with van der Waals surface area (Å²) in [6.45, 7) is 4.14. The van der Waals surface area contributed by atoms with Crippen molar-refractivity contribution in [2.45, 2.75) is 39.5 Å². The summed E-state index contributed by atoms with van der Waals surface area (Å²) in [4.78, 5) is 12.5. The van der Waals surface area contributed by atoms with Gasteiger partial charge in [0.1, 0.15) is 0 Å². The Balaban J connectivity index is 1.83. The standard InChI is InChI=1S/C16H20O/c1-10-7-8-12(11(2)9-10)16(17)15-13-5-3-4-6-14(13)15/h7-9,13-15H,3-6H2,1-2H3. The Morgan fingerprint density at radius 2 is 1.76 bits per heavy atom. The normalized spacial score (nSPS) is 30.8. The zero-order chi connectivity index (χ0) is 12.0. The first-order valence-electron chi connectivity index (χ1n) is 6.80. The highest BCUT2D eigenvalue weighted by molar-refractivity contribution is 6.01. The minimum atomic E-state index is 0.360. The van der Waals surface area contributed by atoms with Gasteiger partial charge < -0.3 is 0 Å². The summed E-state index contributed by atoms with van der Waals surface area (Å²) < 4.78 is 0. The van der Waals surface area contributed by atoms with Crippen LogP contribution in [0.25, 0.3) is 0 Å². The van der Waals surface area contributed by atoms with E-state index in [0.717, 1.165) is 23.0 Å². The highest BCUT2D eigenvalue weighted by atomic mass is 16.1. The van der Waals surface area contributed by atoms with E-state index in [1.165, 1.54) is 31.2 Å². The number of hydrogen-bond donors (Lipinski definition) is 0. The average Bonchev–Trinajstić information content (AvgIpc) is 3.02. The maximum Gasteiger partial charge on any atom is 0.166 e. The molecule has 2 unspecified atom stereocenters. The predicted molar refractivity (Wildman–Crippen MR) is 69.2 cm³/mol. The number of carbonyl (C=O) groups excluding carboxylic acids is 1. The zero-order valence-electron chi connectivity index (χ0n) is 10.7. The fraction of sp³-hybridized carbons (Fsp3) is 0.562. The third-order valence-corrected chi connectivity index (χ3v) is 4.61. The molecule has 2 aliphatic carbocycles. The van der Waals surface area contributed by atoms with E-state index in [1.54, 1.807) is 0 Å². The Morgan fingerprint density at radius 1 is 1.12 bits per heavy atom. The van der Waals surface area contributed by atoms with Crippen LogP contribution < -0.4 is 0 Å². The fourth-order valence-electron chi connectivity index (χ4n) is 3.65. The maximum atomic E-state index is 12.5. The van der Waals surface area contributed by atoms with Crippen LogP contribution in [-0.2, 0) is 0 Å². The van der Waals surface area contributed by atoms with Crippen LogP contribution in [0.3, 0.4) is 0 Å². The Kier molecular flexibility index (Phi) is 2.57. The molecule has 0 aromatic heterocycles. The lowest BCUT2D eigenvalue weighted by atomic mass is 9.98. The topological polar surface area (TPSA) is 17.1 Å². The van der Waals surface area contributed by atoms with Gasteiger partial charge in [0.25, 0.3) is 0 Å². The van der Waals surface area contributed by atoms with E-state index in [0.29, 0.717) is 11.7 Å². The Hall–Kier alpha value is -1.11. The van der Waals surface area contributed by atoms with Gasteiger partial charge >= 0.3 is 0 Å². The average molecular weight is 228 g/mol. The van der Waals surface area contributed by atoms with Crippen molar-refractivity contribution in [2.24, 2.45) is 17.8 Å². The number of rotatable bonds is 2. The minimum absolute atomic E-state index is 0.360. The first-order chi connectivity index (χ1) is 8.18. The number of benzene rings is 1. The summed E-state index contributed by atoms with van der Waals surface area (Å²) in [5, 5.41) is 0. The number of ketones is 1. The van der Waals surface area contributed by atoms with Crippen LogP contribution >= 0.6 is 0 Å². The van der Waals surface area contributed by atoms with Gasteiger partial charge in [0.15, 0.2) is 5.78 Å². The second-order valence-corrected chi connectivity index (χ2v) is 5.82. The Morgan fingerprint density at radius 3 is 2.35 bits per heavy atom. The van der Waals surface area contributed by atoms with Crippen molar-refractivity contribution in [1.29, 1.82) is 0 Å². The zero-order valence-corrected chi connectivity index (χ0v) is 10.7. The fourth-order valence-corrected chi connectivity index (χ4v) is 3.65. The smallest absolute Gasteiger partial charge is 0.166 e. The van der Waals surface area contributed by atoms with Crippen LogP contribution in [0.2, 0.25) is 0 Å². The van der Waals surface area contributed by atoms with Crippen molar-refractivity contribution in [2.75, 3.05) is 0 Å². The first-order valence-corrected chi connectivity index (χ1v) is 6.80. The molecule has 0 N–H and O–H groups in total. The van der Waals surface area contributed by atoms with Gasteiger partial charge in [-0.2, -0.15) is 0 Å². The number of Topliss-reactive ketones (excluding diaryl/α,β-unsaturated/α-hetero) is 1. The molecule has 2 fully saturated rings. The highest BCUT2D eigenvalue weighted by Gasteiger charge is 2.54. The van der Waals surface area contributed by atoms with E-state index >= 15 is 0 Å². The van der Waals surface area contributed by atoms with Gasteiger partial charge in [0, 0.05) is 11.5 Å². The van der Waals surface area contributed by atoms with E-state index < -0.39 is 0 Å². The maximum absolute atomic E-state index is 12.5. The van der Waals surface area contributed by atoms with Gasteiger partial charge in [-0.05, 0) is 44.1 Å². The molecule has 17 heavy (non-hydrogen) atoms. The van der Waals surface area contributed by atoms with Crippen molar-refractivity contribution in [3.05, 3.63) is 34.9 Å². The van der Waals surface area contributed by atoms with E-state index in [2.05, 4.69) is 26.0 Å². The molecule has 90 valence electrons. The van der Waals surface area contributed by atoms with Crippen LogP contribution in [0.1, 0.15) is 47.2 Å². The monoisotopic (exact) mass is 228 g/mol. The highest BCUT2D eigenvalue weighted by Crippen LogP contribution is 2.56. The SMILES string of the molecule is Cc1ccc(C(=O)C2C3CCCCC32)c(C)c1. The third kappa shape index (κ3) is 1.82. The van der Waals surface area contributed by atoms with Crippen LogP contribution in [0, 0.1) is 31.6 Å². The van der Waals surface area contributed by atoms with Crippen LogP contribution in [0.5, 0.6) is 0 Å². The van der Waals surface area contributed by atoms with Gasteiger partial charge in [0.05, 0.1) is 0 Å². The first kappa shape index (κ1) is 11.0. The minimum Gasteiger partial charge on any atom is -0.294 e. The van der Waals surface area contributed by atoms with Crippen molar-refractivity contribution < 1.29 is 4.79 Å². The second-order valence-electron chi connectivity index (χ2n) is 5.82. The molecule has 1 aromatic rings.